The third kappa shape index (κ3) is 16.9. The second kappa shape index (κ2) is 32.9. The van der Waals surface area contributed by atoms with Crippen molar-refractivity contribution in [3.05, 3.63) is 273 Å². The van der Waals surface area contributed by atoms with Crippen molar-refractivity contribution >= 4 is 98.8 Å². The van der Waals surface area contributed by atoms with Crippen LogP contribution < -0.4 is 30.1 Å². The molecule has 0 amide bonds. The van der Waals surface area contributed by atoms with Gasteiger partial charge in [0.05, 0.1) is 39.4 Å². The predicted octanol–water partition coefficient (Wildman–Crippen LogP) is 16.5. The summed E-state index contributed by atoms with van der Waals surface area (Å²) in [5.41, 5.74) is 6.71. The van der Waals surface area contributed by atoms with E-state index in [-0.39, 0.29) is 13.1 Å². The Bertz CT molecular complexity index is 4100. The minimum atomic E-state index is -1.53. The Kier molecular flexibility index (Phi) is 24.3. The molecule has 1 atom stereocenters. The Balaban J connectivity index is 0.000000159. The van der Waals surface area contributed by atoms with E-state index >= 15 is 0 Å². The Morgan fingerprint density at radius 3 is 1.27 bits per heavy atom. The van der Waals surface area contributed by atoms with Crippen molar-refractivity contribution in [2.75, 3.05) is 89.9 Å². The normalized spacial score (nSPS) is 11.6. The van der Waals surface area contributed by atoms with Gasteiger partial charge in [-0.15, -0.1) is 34.0 Å². The fourth-order valence-electron chi connectivity index (χ4n) is 11.0. The van der Waals surface area contributed by atoms with Crippen LogP contribution >= 0.6 is 41.3 Å². The van der Waals surface area contributed by atoms with Crippen molar-refractivity contribution in [1.29, 1.82) is 0 Å². The van der Waals surface area contributed by atoms with Crippen LogP contribution in [0.4, 0.5) is 0 Å². The highest BCUT2D eigenvalue weighted by atomic mass is 32.1. The number of ketones is 1. The van der Waals surface area contributed by atoms with Gasteiger partial charge >= 0.3 is 0 Å². The number of nitrogens with zero attached hydrogens (tertiary/aromatic N) is 6. The molecule has 10 nitrogen and oxygen atoms in total. The molecule has 1 unspecified atom stereocenters. The fourth-order valence-corrected chi connectivity index (χ4v) is 17.9. The summed E-state index contributed by atoms with van der Waals surface area (Å²) < 4.78 is 19.5. The highest BCUT2D eigenvalue weighted by Gasteiger charge is 2.39. The first kappa shape index (κ1) is 68.1. The van der Waals surface area contributed by atoms with E-state index in [0.29, 0.717) is 23.3 Å². The Hall–Kier alpha value is -8.23. The van der Waals surface area contributed by atoms with E-state index in [1.165, 1.54) is 57.0 Å². The van der Waals surface area contributed by atoms with Gasteiger partial charge in [-0.05, 0) is 145 Å². The van der Waals surface area contributed by atoms with E-state index in [1.54, 1.807) is 50.9 Å². The first-order chi connectivity index (χ1) is 44.6. The standard InChI is InChI=1S/C20H24N2OS.C20H22N2OS.C19H20N2O2S.C19H18P.H2/c2*1-14(16-9-7-11-19(21-16)23-4)20-15-8-5-6-10-17(15)24-18(20)12-13-22(2)3;1-21(2)12-11-16-18(13-7-4-5-9-15(13)24-16)19(22)14-8-6-10-17(20-14)23-3;1-20(17-11-5-2-6-12-17,18-13-7-3-8-14-18)19-15-9-4-10-16-19;/h5-11,14H,12-13H2,1-4H3;5-11H,1,12-13H2,2-4H3;4-10H,11-12H2,1-3H3;2-16H,1H3;1H/q;;;+1;. The van der Waals surface area contributed by atoms with Crippen LogP contribution in [-0.4, -0.2) is 125 Å². The quantitative estimate of drug-likeness (QED) is 0.0511. The molecular formula is C78H86N6O4PS3+. The van der Waals surface area contributed by atoms with Gasteiger partial charge < -0.3 is 28.9 Å². The molecule has 6 aromatic carbocycles. The number of ether oxygens (including phenoxy) is 3. The Morgan fingerprint density at radius 1 is 0.446 bits per heavy atom. The van der Waals surface area contributed by atoms with Gasteiger partial charge in [0.25, 0.3) is 0 Å². The average Bonchev–Trinajstić information content (AvgIpc) is 1.79. The molecule has 0 bridgehead atoms. The number of rotatable bonds is 21. The topological polar surface area (TPSA) is 93.2 Å². The van der Waals surface area contributed by atoms with Crippen LogP contribution in [0.3, 0.4) is 0 Å². The molecule has 14 heteroatoms. The van der Waals surface area contributed by atoms with Crippen molar-refractivity contribution in [3.63, 3.8) is 0 Å². The van der Waals surface area contributed by atoms with Gasteiger partial charge in [-0.3, -0.25) is 4.79 Å². The maximum Gasteiger partial charge on any atom is 0.213 e. The minimum Gasteiger partial charge on any atom is -0.481 e. The van der Waals surface area contributed by atoms with Crippen LogP contribution in [0.1, 0.15) is 67.5 Å². The molecule has 474 valence electrons. The second-order valence-electron chi connectivity index (χ2n) is 23.2. The lowest BCUT2D eigenvalue weighted by atomic mass is 9.93. The number of carbonyl (C=O) groups is 1. The van der Waals surface area contributed by atoms with Crippen molar-refractivity contribution in [1.82, 2.24) is 29.7 Å². The van der Waals surface area contributed by atoms with E-state index in [1.807, 2.05) is 85.3 Å². The van der Waals surface area contributed by atoms with Crippen LogP contribution in [0, 0.1) is 0 Å². The highest BCUT2D eigenvalue weighted by molar-refractivity contribution is 7.95. The van der Waals surface area contributed by atoms with Crippen LogP contribution in [0.25, 0.3) is 35.8 Å². The molecule has 12 aromatic rings. The first-order valence-corrected chi connectivity index (χ1v) is 35.6. The summed E-state index contributed by atoms with van der Waals surface area (Å²) in [5, 5.41) is 7.90. The van der Waals surface area contributed by atoms with Gasteiger partial charge in [-0.1, -0.05) is 141 Å². The Labute approximate surface area is 558 Å². The number of pyridine rings is 3. The van der Waals surface area contributed by atoms with Crippen LogP contribution in [-0.2, 0) is 19.3 Å². The lowest BCUT2D eigenvalue weighted by molar-refractivity contribution is 0.103. The number of likely N-dealkylation sites (N-methyl/N-ethyl adjacent to an activating group) is 3. The summed E-state index contributed by atoms with van der Waals surface area (Å²) in [7, 11) is 15.9. The van der Waals surface area contributed by atoms with E-state index in [9.17, 15) is 4.79 Å². The second-order valence-corrected chi connectivity index (χ2v) is 30.1. The van der Waals surface area contributed by atoms with Crippen molar-refractivity contribution < 1.29 is 20.4 Å². The molecule has 6 heterocycles. The monoisotopic (exact) mass is 1300 g/mol. The van der Waals surface area contributed by atoms with E-state index in [2.05, 4.69) is 230 Å². The lowest BCUT2D eigenvalue weighted by Crippen LogP contribution is -2.30. The molecule has 0 saturated carbocycles. The average molecular weight is 1300 g/mol. The predicted molar refractivity (Wildman–Crippen MR) is 397 cm³/mol. The highest BCUT2D eigenvalue weighted by Crippen LogP contribution is 2.51. The van der Waals surface area contributed by atoms with E-state index in [0.717, 1.165) is 76.4 Å². The molecule has 0 fully saturated rings. The zero-order valence-electron chi connectivity index (χ0n) is 54.8. The number of benzene rings is 6. The third-order valence-corrected chi connectivity index (χ3v) is 23.7. The number of thiophene rings is 3. The van der Waals surface area contributed by atoms with Gasteiger partial charge in [0.2, 0.25) is 23.4 Å². The third-order valence-electron chi connectivity index (χ3n) is 16.0. The molecule has 0 N–H and O–H groups in total. The number of aromatic nitrogens is 3. The molecule has 0 aliphatic carbocycles. The van der Waals surface area contributed by atoms with Gasteiger partial charge in [0.1, 0.15) is 28.9 Å². The number of hydrogen-bond donors (Lipinski definition) is 0. The zero-order valence-corrected chi connectivity index (χ0v) is 58.1. The zero-order chi connectivity index (χ0) is 65.2. The largest absolute Gasteiger partial charge is 0.481 e. The summed E-state index contributed by atoms with van der Waals surface area (Å²) in [4.78, 5) is 37.2. The van der Waals surface area contributed by atoms with Crippen LogP contribution in [0.5, 0.6) is 17.6 Å². The number of methoxy groups -OCH3 is 3. The molecule has 0 saturated heterocycles. The summed E-state index contributed by atoms with van der Waals surface area (Å²) in [6, 6.07) is 75.0. The van der Waals surface area contributed by atoms with Crippen LogP contribution in [0.15, 0.2) is 225 Å². The molecule has 6 aromatic heterocycles. The molecule has 0 aliphatic heterocycles. The molecular weight excluding hydrogens is 1210 g/mol. The Morgan fingerprint density at radius 2 is 0.804 bits per heavy atom. The lowest BCUT2D eigenvalue weighted by Gasteiger charge is -2.22. The van der Waals surface area contributed by atoms with Gasteiger partial charge in [0, 0.05) is 101 Å². The van der Waals surface area contributed by atoms with Crippen molar-refractivity contribution in [3.8, 4) is 17.6 Å². The fraction of sp³-hybridized carbons (Fsp3) is 0.231. The summed E-state index contributed by atoms with van der Waals surface area (Å²) in [6.07, 6.45) is 2.91. The number of carbonyl (C=O) groups excluding carboxylic acids is 1. The molecule has 12 rings (SSSR count). The van der Waals surface area contributed by atoms with Gasteiger partial charge in [-0.25, -0.2) is 15.0 Å². The molecule has 0 radical (unpaired) electrons. The summed E-state index contributed by atoms with van der Waals surface area (Å²) >= 11 is 5.46. The van der Waals surface area contributed by atoms with Gasteiger partial charge in [0.15, 0.2) is 0 Å². The molecule has 0 spiro atoms. The van der Waals surface area contributed by atoms with E-state index < -0.39 is 7.26 Å². The summed E-state index contributed by atoms with van der Waals surface area (Å²) in [5.74, 6) is 1.94. The molecule has 0 aliphatic rings. The molecule has 92 heavy (non-hydrogen) atoms. The van der Waals surface area contributed by atoms with Crippen molar-refractivity contribution in [2.45, 2.75) is 32.1 Å². The summed E-state index contributed by atoms with van der Waals surface area (Å²) in [6.45, 7) is 12.0. The van der Waals surface area contributed by atoms with Crippen molar-refractivity contribution in [2.24, 2.45) is 0 Å². The number of hydrogen-bond acceptors (Lipinski definition) is 13. The number of fused-ring (bicyclic) bond motifs is 3. The van der Waals surface area contributed by atoms with Crippen LogP contribution in [0.2, 0.25) is 0 Å². The van der Waals surface area contributed by atoms with E-state index in [4.69, 9.17) is 14.2 Å². The SMILES string of the molecule is C=C(c1cccc(OC)n1)c1c(CCN(C)C)sc2ccccc12.COc1cccc(C(=O)c2c(CCN(C)C)sc3ccccc23)n1.COc1cccc(C(C)c2c(CCN(C)C)sc3ccccc23)n1.C[P+](c1ccccc1)(c1ccccc1)c1ccccc1.[HH]. The minimum absolute atomic E-state index is 0. The van der Waals surface area contributed by atoms with Gasteiger partial charge in [-0.2, -0.15) is 0 Å². The maximum atomic E-state index is 13.1. The smallest absolute Gasteiger partial charge is 0.213 e. The maximum absolute atomic E-state index is 13.1. The first-order valence-electron chi connectivity index (χ1n) is 30.9.